The number of nitrogens with one attached hydrogen (secondary N) is 1. The number of rotatable bonds is 5. The lowest BCUT2D eigenvalue weighted by atomic mass is 10.2. The van der Waals surface area contributed by atoms with Crippen LogP contribution in [0.5, 0.6) is 0 Å². The van der Waals surface area contributed by atoms with Gasteiger partial charge in [-0.05, 0) is 37.6 Å². The van der Waals surface area contributed by atoms with Gasteiger partial charge in [-0.2, -0.15) is 0 Å². The second kappa shape index (κ2) is 7.12. The first-order valence-electron chi connectivity index (χ1n) is 7.59. The van der Waals surface area contributed by atoms with Crippen molar-refractivity contribution in [3.8, 4) is 11.5 Å². The molecule has 1 aliphatic heterocycles. The van der Waals surface area contributed by atoms with Crippen molar-refractivity contribution >= 4 is 27.5 Å². The Kier molecular flexibility index (Phi) is 5.09. The minimum Gasteiger partial charge on any atom is -0.411 e. The molecule has 0 saturated carbocycles. The summed E-state index contributed by atoms with van der Waals surface area (Å²) in [6.45, 7) is 1.67. The Morgan fingerprint density at radius 3 is 2.72 bits per heavy atom. The van der Waals surface area contributed by atoms with Gasteiger partial charge in [0.15, 0.2) is 9.84 Å². The predicted octanol–water partition coefficient (Wildman–Crippen LogP) is 1.66. The first kappa shape index (κ1) is 17.9. The summed E-state index contributed by atoms with van der Waals surface area (Å²) in [5.41, 5.74) is 0.578. The molecule has 1 fully saturated rings. The summed E-state index contributed by atoms with van der Waals surface area (Å²) < 4.78 is 41.3. The number of nitrogens with zero attached hydrogens (tertiary/aromatic N) is 2. The van der Waals surface area contributed by atoms with Crippen molar-refractivity contribution in [2.45, 2.75) is 29.9 Å². The largest absolute Gasteiger partial charge is 0.411 e. The lowest BCUT2D eigenvalue weighted by Crippen LogP contribution is -2.39. The van der Waals surface area contributed by atoms with E-state index in [-0.39, 0.29) is 40.4 Å². The van der Waals surface area contributed by atoms with Crippen LogP contribution in [0, 0.1) is 5.82 Å². The van der Waals surface area contributed by atoms with E-state index < -0.39 is 15.1 Å². The number of carbonyl (C=O) groups is 1. The first-order chi connectivity index (χ1) is 11.8. The zero-order valence-corrected chi connectivity index (χ0v) is 14.9. The first-order valence-corrected chi connectivity index (χ1v) is 10.3. The lowest BCUT2D eigenvalue weighted by Gasteiger charge is -2.14. The van der Waals surface area contributed by atoms with Gasteiger partial charge in [0.05, 0.1) is 16.8 Å². The minimum atomic E-state index is -3.05. The van der Waals surface area contributed by atoms with E-state index in [2.05, 4.69) is 15.5 Å². The summed E-state index contributed by atoms with van der Waals surface area (Å²) in [7, 11) is -3.05. The van der Waals surface area contributed by atoms with Crippen molar-refractivity contribution in [1.82, 2.24) is 15.5 Å². The van der Waals surface area contributed by atoms with Crippen LogP contribution in [0.2, 0.25) is 0 Å². The average Bonchev–Trinajstić information content (AvgIpc) is 3.14. The highest BCUT2D eigenvalue weighted by Crippen LogP contribution is 2.26. The van der Waals surface area contributed by atoms with Crippen LogP contribution >= 0.6 is 11.8 Å². The van der Waals surface area contributed by atoms with E-state index in [4.69, 9.17) is 4.42 Å². The van der Waals surface area contributed by atoms with Gasteiger partial charge in [-0.25, -0.2) is 12.8 Å². The van der Waals surface area contributed by atoms with Crippen molar-refractivity contribution in [3.05, 3.63) is 30.1 Å². The molecule has 7 nitrogen and oxygen atoms in total. The predicted molar refractivity (Wildman–Crippen MR) is 90.2 cm³/mol. The Morgan fingerprint density at radius 2 is 2.08 bits per heavy atom. The van der Waals surface area contributed by atoms with E-state index in [0.29, 0.717) is 12.0 Å². The molecule has 10 heteroatoms. The molecule has 25 heavy (non-hydrogen) atoms. The molecule has 2 aromatic rings. The summed E-state index contributed by atoms with van der Waals surface area (Å²) in [5, 5.41) is 10.2. The molecule has 1 aromatic heterocycles. The fourth-order valence-corrected chi connectivity index (χ4v) is 4.76. The standard InChI is InChI=1S/C15H16FN3O4S2/c1-9(13(20)17-12-6-7-25(21,22)8-12)24-15-19-18-14(23-15)10-2-4-11(16)5-3-10/h2-5,9,12H,6-8H2,1H3,(H,17,20)/t9-,12+/m0/s1. The third kappa shape index (κ3) is 4.57. The Morgan fingerprint density at radius 1 is 1.36 bits per heavy atom. The molecular weight excluding hydrogens is 369 g/mol. The summed E-state index contributed by atoms with van der Waals surface area (Å²) in [4.78, 5) is 12.2. The number of aromatic nitrogens is 2. The van der Waals surface area contributed by atoms with Gasteiger partial charge < -0.3 is 9.73 Å². The van der Waals surface area contributed by atoms with Gasteiger partial charge in [0, 0.05) is 11.6 Å². The number of halogens is 1. The molecule has 0 aliphatic carbocycles. The van der Waals surface area contributed by atoms with Gasteiger partial charge in [0.2, 0.25) is 11.8 Å². The normalized spacial score (nSPS) is 20.3. The highest BCUT2D eigenvalue weighted by molar-refractivity contribution is 8.00. The Balaban J connectivity index is 1.58. The van der Waals surface area contributed by atoms with Crippen molar-refractivity contribution < 1.29 is 22.0 Å². The van der Waals surface area contributed by atoms with Crippen LogP contribution in [0.25, 0.3) is 11.5 Å². The van der Waals surface area contributed by atoms with E-state index in [0.717, 1.165) is 11.8 Å². The fourth-order valence-electron chi connectivity index (χ4n) is 2.40. The van der Waals surface area contributed by atoms with Crippen LogP contribution < -0.4 is 5.32 Å². The molecule has 0 unspecified atom stereocenters. The molecule has 1 aromatic carbocycles. The van der Waals surface area contributed by atoms with Crippen LogP contribution in [0.4, 0.5) is 4.39 Å². The number of thioether (sulfide) groups is 1. The molecule has 1 aliphatic rings. The molecule has 0 spiro atoms. The second-order valence-electron chi connectivity index (χ2n) is 5.75. The van der Waals surface area contributed by atoms with Crippen molar-refractivity contribution in [3.63, 3.8) is 0 Å². The van der Waals surface area contributed by atoms with Gasteiger partial charge in [-0.3, -0.25) is 4.79 Å². The topological polar surface area (TPSA) is 102 Å². The van der Waals surface area contributed by atoms with Gasteiger partial charge in [-0.1, -0.05) is 11.8 Å². The number of hydrogen-bond acceptors (Lipinski definition) is 7. The number of sulfone groups is 1. The molecule has 0 bridgehead atoms. The quantitative estimate of drug-likeness (QED) is 0.781. The maximum Gasteiger partial charge on any atom is 0.277 e. The summed E-state index contributed by atoms with van der Waals surface area (Å²) in [6.07, 6.45) is 0.431. The third-order valence-corrected chi connectivity index (χ3v) is 6.43. The van der Waals surface area contributed by atoms with Crippen LogP contribution in [0.15, 0.2) is 33.9 Å². The lowest BCUT2D eigenvalue weighted by molar-refractivity contribution is -0.120. The van der Waals surface area contributed by atoms with Crippen LogP contribution in [0.1, 0.15) is 13.3 Å². The molecular formula is C15H16FN3O4S2. The average molecular weight is 385 g/mol. The SMILES string of the molecule is C[C@H](Sc1nnc(-c2ccc(F)cc2)o1)C(=O)N[C@@H]1CCS(=O)(=O)C1. The molecule has 1 N–H and O–H groups in total. The number of amides is 1. The highest BCUT2D eigenvalue weighted by Gasteiger charge is 2.30. The highest BCUT2D eigenvalue weighted by atomic mass is 32.2. The minimum absolute atomic E-state index is 0.0224. The smallest absolute Gasteiger partial charge is 0.277 e. The van der Waals surface area contributed by atoms with E-state index in [1.165, 1.54) is 24.3 Å². The number of carbonyl (C=O) groups excluding carboxylic acids is 1. The van der Waals surface area contributed by atoms with Gasteiger partial charge in [-0.15, -0.1) is 10.2 Å². The second-order valence-corrected chi connectivity index (χ2v) is 9.27. The third-order valence-electron chi connectivity index (χ3n) is 3.72. The van der Waals surface area contributed by atoms with E-state index >= 15 is 0 Å². The summed E-state index contributed by atoms with van der Waals surface area (Å²) >= 11 is 1.08. The van der Waals surface area contributed by atoms with Gasteiger partial charge >= 0.3 is 0 Å². The molecule has 2 heterocycles. The van der Waals surface area contributed by atoms with Crippen LogP contribution in [-0.2, 0) is 14.6 Å². The molecule has 3 rings (SSSR count). The number of hydrogen-bond donors (Lipinski definition) is 1. The van der Waals surface area contributed by atoms with E-state index in [1.807, 2.05) is 0 Å². The van der Waals surface area contributed by atoms with Crippen molar-refractivity contribution in [2.75, 3.05) is 11.5 Å². The van der Waals surface area contributed by atoms with Crippen LogP contribution in [0.3, 0.4) is 0 Å². The zero-order chi connectivity index (χ0) is 18.0. The van der Waals surface area contributed by atoms with Crippen molar-refractivity contribution in [1.29, 1.82) is 0 Å². The number of benzene rings is 1. The maximum atomic E-state index is 12.9. The van der Waals surface area contributed by atoms with Gasteiger partial charge in [0.25, 0.3) is 5.22 Å². The summed E-state index contributed by atoms with van der Waals surface area (Å²) in [6, 6.07) is 5.27. The maximum absolute atomic E-state index is 12.9. The van der Waals surface area contributed by atoms with Gasteiger partial charge in [0.1, 0.15) is 5.82 Å². The molecule has 0 radical (unpaired) electrons. The molecule has 134 valence electrons. The summed E-state index contributed by atoms with van der Waals surface area (Å²) in [5.74, 6) is -0.335. The monoisotopic (exact) mass is 385 g/mol. The van der Waals surface area contributed by atoms with E-state index in [1.54, 1.807) is 6.92 Å². The molecule has 1 saturated heterocycles. The van der Waals surface area contributed by atoms with Crippen LogP contribution in [-0.4, -0.2) is 47.3 Å². The Labute approximate surface area is 148 Å². The molecule has 2 atom stereocenters. The Hall–Kier alpha value is -1.94. The zero-order valence-electron chi connectivity index (χ0n) is 13.3. The molecule has 1 amide bonds. The Bertz CT molecular complexity index is 867. The van der Waals surface area contributed by atoms with E-state index in [9.17, 15) is 17.6 Å². The van der Waals surface area contributed by atoms with Crippen molar-refractivity contribution in [2.24, 2.45) is 0 Å². The fraction of sp³-hybridized carbons (Fsp3) is 0.400.